The molecule has 0 aromatic rings. The summed E-state index contributed by atoms with van der Waals surface area (Å²) >= 11 is 0. The minimum absolute atomic E-state index is 0. The molecular formula is C11H24CsN. The van der Waals surface area contributed by atoms with Gasteiger partial charge in [0.25, 0.3) is 0 Å². The van der Waals surface area contributed by atoms with Crippen LogP contribution in [0, 0.1) is 5.41 Å². The van der Waals surface area contributed by atoms with Crippen molar-refractivity contribution < 1.29 is 68.9 Å². The summed E-state index contributed by atoms with van der Waals surface area (Å²) in [6.07, 6.45) is 4.19. The predicted octanol–water partition coefficient (Wildman–Crippen LogP) is 1.43. The van der Waals surface area contributed by atoms with Crippen molar-refractivity contribution in [3.63, 3.8) is 0 Å². The molecule has 2 heteroatoms. The fourth-order valence-corrected chi connectivity index (χ4v) is 2.03. The molecule has 0 aromatic heterocycles. The van der Waals surface area contributed by atoms with Crippen LogP contribution in [-0.2, 0) is 0 Å². The van der Waals surface area contributed by atoms with E-state index >= 15 is 0 Å². The molecule has 0 aromatic carbocycles. The van der Waals surface area contributed by atoms with Crippen molar-refractivity contribution in [3.8, 4) is 0 Å². The number of rotatable bonds is 5. The second-order valence-electron chi connectivity index (χ2n) is 4.06. The van der Waals surface area contributed by atoms with E-state index in [0.717, 1.165) is 25.7 Å². The van der Waals surface area contributed by atoms with E-state index in [1.807, 2.05) is 0 Å². The van der Waals surface area contributed by atoms with Crippen LogP contribution in [0.5, 0.6) is 0 Å². The Bertz CT molecular complexity index is 110. The van der Waals surface area contributed by atoms with E-state index in [-0.39, 0.29) is 79.8 Å². The number of hydrogen-bond donors (Lipinski definition) is 0. The van der Waals surface area contributed by atoms with Gasteiger partial charge >= 0.3 is 68.9 Å². The average Bonchev–Trinajstić information content (AvgIpc) is 2.15. The molecule has 0 radical (unpaired) electrons. The van der Waals surface area contributed by atoms with Gasteiger partial charge in [-0.3, -0.25) is 0 Å². The van der Waals surface area contributed by atoms with Crippen LogP contribution in [0.1, 0.15) is 60.3 Å². The first-order chi connectivity index (χ1) is 5.49. The van der Waals surface area contributed by atoms with Crippen LogP contribution in [0.25, 0.3) is 5.73 Å². The van der Waals surface area contributed by atoms with E-state index in [2.05, 4.69) is 34.6 Å². The summed E-state index contributed by atoms with van der Waals surface area (Å²) in [5.41, 5.74) is 8.36. The Kier molecular flexibility index (Phi) is 9.79. The summed E-state index contributed by atoms with van der Waals surface area (Å²) in [4.78, 5) is 0. The molecule has 0 aliphatic heterocycles. The van der Waals surface area contributed by atoms with Gasteiger partial charge in [-0.1, -0.05) is 60.3 Å². The standard InChI is InChI=1S/C11H24N.Cs/c1-6-10(5,7-2)11(12,8-3)9-4;/h12H,6-9H2,1-5H3;/q-1;+1. The minimum atomic E-state index is -0.212. The van der Waals surface area contributed by atoms with Crippen molar-refractivity contribution >= 4 is 0 Å². The van der Waals surface area contributed by atoms with Gasteiger partial charge in [0, 0.05) is 0 Å². The maximum absolute atomic E-state index is 8.37. The summed E-state index contributed by atoms with van der Waals surface area (Å²) in [7, 11) is 0. The summed E-state index contributed by atoms with van der Waals surface area (Å²) < 4.78 is 0. The number of nitrogens with one attached hydrogen (secondary N) is 1. The Labute approximate surface area is 143 Å². The number of hydrogen-bond acceptors (Lipinski definition) is 0. The van der Waals surface area contributed by atoms with Crippen LogP contribution < -0.4 is 68.9 Å². The monoisotopic (exact) mass is 303 g/mol. The summed E-state index contributed by atoms with van der Waals surface area (Å²) in [5, 5.41) is 0. The van der Waals surface area contributed by atoms with E-state index in [9.17, 15) is 0 Å². The molecule has 0 rings (SSSR count). The normalized spacial score (nSPS) is 12.5. The molecule has 0 saturated carbocycles. The van der Waals surface area contributed by atoms with Crippen LogP contribution in [0.3, 0.4) is 0 Å². The second-order valence-corrected chi connectivity index (χ2v) is 4.06. The Morgan fingerprint density at radius 3 is 1.23 bits per heavy atom. The summed E-state index contributed by atoms with van der Waals surface area (Å²) in [5.74, 6) is 0. The summed E-state index contributed by atoms with van der Waals surface area (Å²) in [6.45, 7) is 10.9. The first kappa shape index (κ1) is 17.4. The molecule has 0 amide bonds. The Hall–Kier alpha value is 2.01. The van der Waals surface area contributed by atoms with Gasteiger partial charge in [-0.2, -0.15) is 0 Å². The molecule has 0 heterocycles. The fourth-order valence-electron chi connectivity index (χ4n) is 2.03. The Morgan fingerprint density at radius 2 is 1.15 bits per heavy atom. The molecule has 74 valence electrons. The Morgan fingerprint density at radius 1 is 0.846 bits per heavy atom. The predicted molar refractivity (Wildman–Crippen MR) is 56.3 cm³/mol. The quantitative estimate of drug-likeness (QED) is 0.734. The minimum Gasteiger partial charge on any atom is -0.671 e. The molecule has 0 spiro atoms. The van der Waals surface area contributed by atoms with Crippen molar-refractivity contribution in [2.45, 2.75) is 65.8 Å². The fraction of sp³-hybridized carbons (Fsp3) is 1.00. The molecule has 0 saturated heterocycles. The van der Waals surface area contributed by atoms with Crippen molar-refractivity contribution in [1.29, 1.82) is 0 Å². The van der Waals surface area contributed by atoms with Crippen molar-refractivity contribution in [2.24, 2.45) is 5.41 Å². The van der Waals surface area contributed by atoms with Gasteiger partial charge in [0.15, 0.2) is 0 Å². The van der Waals surface area contributed by atoms with E-state index in [1.54, 1.807) is 0 Å². The third-order valence-corrected chi connectivity index (χ3v) is 3.92. The SMILES string of the molecule is CCC(C)(CC)C([NH-])(CC)CC.[Cs+]. The third-order valence-electron chi connectivity index (χ3n) is 3.92. The molecule has 1 N–H and O–H groups in total. The molecule has 0 aliphatic rings. The zero-order valence-electron chi connectivity index (χ0n) is 10.3. The maximum atomic E-state index is 8.37. The van der Waals surface area contributed by atoms with Gasteiger partial charge in [0.1, 0.15) is 0 Å². The van der Waals surface area contributed by atoms with Gasteiger partial charge in [-0.05, 0) is 5.41 Å². The van der Waals surface area contributed by atoms with Crippen LogP contribution in [0.2, 0.25) is 0 Å². The zero-order chi connectivity index (χ0) is 9.83. The first-order valence-corrected chi connectivity index (χ1v) is 5.24. The molecule has 0 aliphatic carbocycles. The van der Waals surface area contributed by atoms with E-state index in [4.69, 9.17) is 5.73 Å². The van der Waals surface area contributed by atoms with Gasteiger partial charge in [0.05, 0.1) is 0 Å². The molecule has 1 nitrogen and oxygen atoms in total. The van der Waals surface area contributed by atoms with E-state index in [0.29, 0.717) is 0 Å². The van der Waals surface area contributed by atoms with Crippen molar-refractivity contribution in [2.75, 3.05) is 0 Å². The van der Waals surface area contributed by atoms with Gasteiger partial charge in [-0.15, -0.1) is 5.54 Å². The van der Waals surface area contributed by atoms with Crippen LogP contribution in [-0.4, -0.2) is 5.54 Å². The molecule has 0 bridgehead atoms. The average molecular weight is 303 g/mol. The molecule has 0 unspecified atom stereocenters. The van der Waals surface area contributed by atoms with Gasteiger partial charge < -0.3 is 5.73 Å². The van der Waals surface area contributed by atoms with Crippen LogP contribution in [0.4, 0.5) is 0 Å². The largest absolute Gasteiger partial charge is 1.00 e. The van der Waals surface area contributed by atoms with Crippen molar-refractivity contribution in [3.05, 3.63) is 5.73 Å². The van der Waals surface area contributed by atoms with Crippen LogP contribution in [0.15, 0.2) is 0 Å². The smallest absolute Gasteiger partial charge is 0.671 e. The Balaban J connectivity index is 0. The second kappa shape index (κ2) is 7.31. The van der Waals surface area contributed by atoms with Crippen LogP contribution >= 0.6 is 0 Å². The van der Waals surface area contributed by atoms with E-state index < -0.39 is 0 Å². The molecule has 0 atom stereocenters. The third kappa shape index (κ3) is 3.82. The van der Waals surface area contributed by atoms with Gasteiger partial charge in [0.2, 0.25) is 0 Å². The first-order valence-electron chi connectivity index (χ1n) is 5.24. The maximum Gasteiger partial charge on any atom is 1.00 e. The topological polar surface area (TPSA) is 23.8 Å². The molecule has 13 heavy (non-hydrogen) atoms. The summed E-state index contributed by atoms with van der Waals surface area (Å²) in [6, 6.07) is 0. The molecule has 0 fully saturated rings. The zero-order valence-corrected chi connectivity index (χ0v) is 16.6. The molecular weight excluding hydrogens is 279 g/mol. The van der Waals surface area contributed by atoms with Crippen molar-refractivity contribution in [1.82, 2.24) is 0 Å². The van der Waals surface area contributed by atoms with Gasteiger partial charge in [-0.25, -0.2) is 0 Å². The van der Waals surface area contributed by atoms with E-state index in [1.165, 1.54) is 0 Å².